The molecule has 14 heavy (non-hydrogen) atoms. The maximum absolute atomic E-state index is 11.8. The van der Waals surface area contributed by atoms with E-state index in [0.29, 0.717) is 5.92 Å². The van der Waals surface area contributed by atoms with Gasteiger partial charge in [0.05, 0.1) is 5.54 Å². The quantitative estimate of drug-likeness (QED) is 0.673. The van der Waals surface area contributed by atoms with Crippen LogP contribution in [0, 0.1) is 5.92 Å². The summed E-state index contributed by atoms with van der Waals surface area (Å²) in [5, 5.41) is 0. The first kappa shape index (κ1) is 11.2. The molecule has 1 heterocycles. The van der Waals surface area contributed by atoms with E-state index in [0.717, 1.165) is 25.9 Å². The molecule has 0 saturated carbocycles. The number of likely N-dealkylation sites (tertiary alicyclic amines) is 1. The third kappa shape index (κ3) is 2.58. The molecule has 0 bridgehead atoms. The van der Waals surface area contributed by atoms with Gasteiger partial charge in [-0.15, -0.1) is 6.58 Å². The van der Waals surface area contributed by atoms with Crippen LogP contribution in [0.25, 0.3) is 0 Å². The van der Waals surface area contributed by atoms with E-state index in [1.807, 2.05) is 11.0 Å². The summed E-state index contributed by atoms with van der Waals surface area (Å²) < 4.78 is 0. The average molecular weight is 196 g/mol. The summed E-state index contributed by atoms with van der Waals surface area (Å²) in [7, 11) is 0. The van der Waals surface area contributed by atoms with Crippen LogP contribution in [0.15, 0.2) is 12.7 Å². The summed E-state index contributed by atoms with van der Waals surface area (Å²) in [5.41, 5.74) is 5.03. The largest absolute Gasteiger partial charge is 0.341 e. The highest BCUT2D eigenvalue weighted by atomic mass is 16.2. The minimum Gasteiger partial charge on any atom is -0.341 e. The second-order valence-corrected chi connectivity index (χ2v) is 4.59. The normalized spacial score (nSPS) is 19.5. The van der Waals surface area contributed by atoms with Gasteiger partial charge in [-0.05, 0) is 32.6 Å². The van der Waals surface area contributed by atoms with E-state index in [4.69, 9.17) is 5.73 Å². The Hall–Kier alpha value is -0.830. The molecule has 1 aliphatic heterocycles. The van der Waals surface area contributed by atoms with E-state index in [-0.39, 0.29) is 5.91 Å². The second-order valence-electron chi connectivity index (χ2n) is 4.59. The van der Waals surface area contributed by atoms with Crippen LogP contribution in [-0.4, -0.2) is 29.4 Å². The predicted molar refractivity (Wildman–Crippen MR) is 57.8 cm³/mol. The van der Waals surface area contributed by atoms with Crippen molar-refractivity contribution in [2.24, 2.45) is 11.7 Å². The SMILES string of the molecule is C=CC1CCN(C(=O)C(C)(C)N)CC1. The van der Waals surface area contributed by atoms with Crippen molar-refractivity contribution in [2.45, 2.75) is 32.2 Å². The predicted octanol–water partition coefficient (Wildman–Crippen LogP) is 1.15. The first-order valence-corrected chi connectivity index (χ1v) is 5.16. The number of carbonyl (C=O) groups excluding carboxylic acids is 1. The van der Waals surface area contributed by atoms with E-state index in [9.17, 15) is 4.79 Å². The lowest BCUT2D eigenvalue weighted by atomic mass is 9.95. The molecule has 3 heteroatoms. The molecule has 0 radical (unpaired) electrons. The van der Waals surface area contributed by atoms with Gasteiger partial charge in [0, 0.05) is 13.1 Å². The first-order valence-electron chi connectivity index (χ1n) is 5.16. The number of nitrogens with zero attached hydrogens (tertiary/aromatic N) is 1. The number of hydrogen-bond acceptors (Lipinski definition) is 2. The molecule has 0 spiro atoms. The van der Waals surface area contributed by atoms with E-state index < -0.39 is 5.54 Å². The van der Waals surface area contributed by atoms with Crippen molar-refractivity contribution in [3.05, 3.63) is 12.7 Å². The van der Waals surface area contributed by atoms with Crippen LogP contribution in [-0.2, 0) is 4.79 Å². The number of hydrogen-bond donors (Lipinski definition) is 1. The Morgan fingerprint density at radius 2 is 2.00 bits per heavy atom. The van der Waals surface area contributed by atoms with Crippen LogP contribution in [0.2, 0.25) is 0 Å². The molecule has 80 valence electrons. The summed E-state index contributed by atoms with van der Waals surface area (Å²) in [5.74, 6) is 0.625. The molecule has 3 nitrogen and oxygen atoms in total. The van der Waals surface area contributed by atoms with Crippen LogP contribution >= 0.6 is 0 Å². The Balaban J connectivity index is 2.50. The molecule has 1 aliphatic rings. The number of amides is 1. The van der Waals surface area contributed by atoms with Gasteiger partial charge in [-0.3, -0.25) is 4.79 Å². The third-order valence-corrected chi connectivity index (χ3v) is 2.71. The fourth-order valence-corrected chi connectivity index (χ4v) is 1.75. The standard InChI is InChI=1S/C11H20N2O/c1-4-9-5-7-13(8-6-9)10(14)11(2,3)12/h4,9H,1,5-8,12H2,2-3H3. The van der Waals surface area contributed by atoms with Crippen molar-refractivity contribution in [1.82, 2.24) is 4.90 Å². The molecule has 0 aromatic carbocycles. The van der Waals surface area contributed by atoms with Gasteiger partial charge in [-0.25, -0.2) is 0 Å². The molecular weight excluding hydrogens is 176 g/mol. The van der Waals surface area contributed by atoms with Crippen molar-refractivity contribution >= 4 is 5.91 Å². The Morgan fingerprint density at radius 3 is 2.36 bits per heavy atom. The molecule has 0 aliphatic carbocycles. The fourth-order valence-electron chi connectivity index (χ4n) is 1.75. The second kappa shape index (κ2) is 4.13. The van der Waals surface area contributed by atoms with Crippen LogP contribution in [0.3, 0.4) is 0 Å². The highest BCUT2D eigenvalue weighted by Gasteiger charge is 2.29. The van der Waals surface area contributed by atoms with Gasteiger partial charge in [0.1, 0.15) is 0 Å². The van der Waals surface area contributed by atoms with Crippen LogP contribution < -0.4 is 5.73 Å². The average Bonchev–Trinajstić information content (AvgIpc) is 2.15. The molecule has 1 saturated heterocycles. The number of rotatable bonds is 2. The van der Waals surface area contributed by atoms with Gasteiger partial charge in [0.15, 0.2) is 0 Å². The topological polar surface area (TPSA) is 46.3 Å². The zero-order valence-electron chi connectivity index (χ0n) is 9.12. The van der Waals surface area contributed by atoms with Crippen molar-refractivity contribution in [3.63, 3.8) is 0 Å². The lowest BCUT2D eigenvalue weighted by molar-refractivity contribution is -0.137. The van der Waals surface area contributed by atoms with Crippen LogP contribution in [0.1, 0.15) is 26.7 Å². The highest BCUT2D eigenvalue weighted by Crippen LogP contribution is 2.19. The van der Waals surface area contributed by atoms with E-state index >= 15 is 0 Å². The summed E-state index contributed by atoms with van der Waals surface area (Å²) in [6.07, 6.45) is 4.02. The van der Waals surface area contributed by atoms with E-state index in [2.05, 4.69) is 6.58 Å². The molecule has 0 atom stereocenters. The monoisotopic (exact) mass is 196 g/mol. The Morgan fingerprint density at radius 1 is 1.50 bits per heavy atom. The molecule has 0 unspecified atom stereocenters. The van der Waals surface area contributed by atoms with Gasteiger partial charge >= 0.3 is 0 Å². The smallest absolute Gasteiger partial charge is 0.242 e. The molecule has 1 fully saturated rings. The lowest BCUT2D eigenvalue weighted by Crippen LogP contribution is -2.53. The summed E-state index contributed by atoms with van der Waals surface area (Å²) in [6, 6.07) is 0. The summed E-state index contributed by atoms with van der Waals surface area (Å²) in [4.78, 5) is 13.7. The van der Waals surface area contributed by atoms with Crippen LogP contribution in [0.5, 0.6) is 0 Å². The highest BCUT2D eigenvalue weighted by molar-refractivity contribution is 5.85. The maximum Gasteiger partial charge on any atom is 0.242 e. The minimum absolute atomic E-state index is 0.0556. The Kier molecular flexibility index (Phi) is 3.32. The minimum atomic E-state index is -0.735. The molecule has 1 rings (SSSR count). The lowest BCUT2D eigenvalue weighted by Gasteiger charge is -2.34. The maximum atomic E-state index is 11.8. The first-order chi connectivity index (χ1) is 6.45. The van der Waals surface area contributed by atoms with E-state index in [1.165, 1.54) is 0 Å². The molecule has 0 aromatic heterocycles. The van der Waals surface area contributed by atoms with E-state index in [1.54, 1.807) is 13.8 Å². The molecule has 0 aromatic rings. The zero-order chi connectivity index (χ0) is 10.8. The molecular formula is C11H20N2O. The van der Waals surface area contributed by atoms with Gasteiger partial charge < -0.3 is 10.6 Å². The summed E-state index contributed by atoms with van der Waals surface area (Å²) in [6.45, 7) is 8.92. The van der Waals surface area contributed by atoms with Crippen molar-refractivity contribution < 1.29 is 4.79 Å². The van der Waals surface area contributed by atoms with Gasteiger partial charge in [-0.2, -0.15) is 0 Å². The number of allylic oxidation sites excluding steroid dienone is 1. The van der Waals surface area contributed by atoms with Crippen LogP contribution in [0.4, 0.5) is 0 Å². The van der Waals surface area contributed by atoms with Crippen molar-refractivity contribution in [1.29, 1.82) is 0 Å². The van der Waals surface area contributed by atoms with Gasteiger partial charge in [-0.1, -0.05) is 6.08 Å². The molecule has 2 N–H and O–H groups in total. The van der Waals surface area contributed by atoms with Crippen molar-refractivity contribution in [2.75, 3.05) is 13.1 Å². The fraction of sp³-hybridized carbons (Fsp3) is 0.727. The third-order valence-electron chi connectivity index (χ3n) is 2.71. The number of nitrogens with two attached hydrogens (primary N) is 1. The number of piperidine rings is 1. The van der Waals surface area contributed by atoms with Gasteiger partial charge in [0.2, 0.25) is 5.91 Å². The van der Waals surface area contributed by atoms with Crippen molar-refractivity contribution in [3.8, 4) is 0 Å². The summed E-state index contributed by atoms with van der Waals surface area (Å²) >= 11 is 0. The Labute approximate surface area is 86.0 Å². The molecule has 1 amide bonds. The Bertz CT molecular complexity index is 222. The van der Waals surface area contributed by atoms with Gasteiger partial charge in [0.25, 0.3) is 0 Å². The zero-order valence-corrected chi connectivity index (χ0v) is 9.12. The number of carbonyl (C=O) groups is 1.